The molecule has 0 aromatic carbocycles. The number of hydrogen-bond donors (Lipinski definition) is 2. The van der Waals surface area contributed by atoms with Gasteiger partial charge in [-0.1, -0.05) is 6.42 Å². The quantitative estimate of drug-likeness (QED) is 0.316. The van der Waals surface area contributed by atoms with Crippen molar-refractivity contribution in [3.05, 3.63) is 6.08 Å². The highest BCUT2D eigenvalue weighted by atomic mass is 16.1. The molecule has 0 aliphatic rings. The van der Waals surface area contributed by atoms with E-state index in [1.165, 1.54) is 5.94 Å². The molecule has 4 N–H and O–H groups in total. The van der Waals surface area contributed by atoms with Crippen LogP contribution in [0.15, 0.2) is 6.08 Å². The summed E-state index contributed by atoms with van der Waals surface area (Å²) in [5, 5.41) is 0. The lowest BCUT2D eigenvalue weighted by atomic mass is 10.1. The minimum absolute atomic E-state index is 0.359. The molecule has 0 fully saturated rings. The van der Waals surface area contributed by atoms with Gasteiger partial charge >= 0.3 is 0 Å². The standard InChI is InChI=1S/C8H14N2O2/c9-5-2-1-3-7(10)8(12)4-6-11/h4,7H,1-3,5,9-10H2/t7-/m0/s1. The Morgan fingerprint density at radius 2 is 2.17 bits per heavy atom. The highest BCUT2D eigenvalue weighted by Gasteiger charge is 2.09. The maximum atomic E-state index is 10.9. The summed E-state index contributed by atoms with van der Waals surface area (Å²) < 4.78 is 0. The fourth-order valence-corrected chi connectivity index (χ4v) is 0.816. The van der Waals surface area contributed by atoms with Gasteiger partial charge in [0, 0.05) is 0 Å². The maximum absolute atomic E-state index is 10.9. The third kappa shape index (κ3) is 4.79. The van der Waals surface area contributed by atoms with Crippen LogP contribution >= 0.6 is 0 Å². The number of carbonyl (C=O) groups is 1. The molecule has 0 saturated carbocycles. The van der Waals surface area contributed by atoms with Crippen molar-refractivity contribution in [2.75, 3.05) is 6.54 Å². The van der Waals surface area contributed by atoms with E-state index in [2.05, 4.69) is 0 Å². The summed E-state index contributed by atoms with van der Waals surface area (Å²) in [6, 6.07) is -0.571. The molecule has 0 aliphatic carbocycles. The molecule has 0 bridgehead atoms. The molecular weight excluding hydrogens is 156 g/mol. The van der Waals surface area contributed by atoms with Crippen LogP contribution in [0.1, 0.15) is 19.3 Å². The van der Waals surface area contributed by atoms with Gasteiger partial charge in [0.15, 0.2) is 5.78 Å². The zero-order chi connectivity index (χ0) is 9.40. The third-order valence-corrected chi connectivity index (χ3v) is 1.54. The van der Waals surface area contributed by atoms with Crippen LogP contribution in [0.5, 0.6) is 0 Å². The van der Waals surface area contributed by atoms with Gasteiger partial charge in [-0.2, -0.15) is 0 Å². The maximum Gasteiger partial charge on any atom is 0.183 e. The molecule has 4 nitrogen and oxygen atoms in total. The Kier molecular flexibility index (Phi) is 6.19. The summed E-state index contributed by atoms with van der Waals surface area (Å²) in [4.78, 5) is 20.6. The lowest BCUT2D eigenvalue weighted by molar-refractivity contribution is -0.115. The number of ketones is 1. The lowest BCUT2D eigenvalue weighted by Gasteiger charge is -2.05. The van der Waals surface area contributed by atoms with Crippen molar-refractivity contribution < 1.29 is 9.59 Å². The number of rotatable bonds is 6. The molecule has 4 heteroatoms. The number of nitrogens with two attached hydrogens (primary N) is 2. The number of unbranched alkanes of at least 4 members (excludes halogenated alkanes) is 1. The van der Waals surface area contributed by atoms with Crippen molar-refractivity contribution >= 4 is 11.7 Å². The van der Waals surface area contributed by atoms with Gasteiger partial charge in [0.2, 0.25) is 0 Å². The molecule has 0 heterocycles. The van der Waals surface area contributed by atoms with Crippen LogP contribution < -0.4 is 11.5 Å². The van der Waals surface area contributed by atoms with E-state index < -0.39 is 6.04 Å². The Labute approximate surface area is 71.6 Å². The lowest BCUT2D eigenvalue weighted by Crippen LogP contribution is -2.29. The summed E-state index contributed by atoms with van der Waals surface area (Å²) in [6.45, 7) is 0.602. The monoisotopic (exact) mass is 170 g/mol. The molecule has 0 amide bonds. The molecule has 12 heavy (non-hydrogen) atoms. The van der Waals surface area contributed by atoms with E-state index in [0.717, 1.165) is 18.9 Å². The second kappa shape index (κ2) is 6.73. The molecule has 0 aromatic rings. The Morgan fingerprint density at radius 1 is 1.50 bits per heavy atom. The van der Waals surface area contributed by atoms with E-state index in [9.17, 15) is 9.59 Å². The first-order valence-electron chi connectivity index (χ1n) is 3.92. The first kappa shape index (κ1) is 11.0. The second-order valence-corrected chi connectivity index (χ2v) is 2.56. The average molecular weight is 170 g/mol. The molecule has 0 aromatic heterocycles. The van der Waals surface area contributed by atoms with Gasteiger partial charge in [0.25, 0.3) is 0 Å². The molecule has 0 radical (unpaired) electrons. The predicted molar refractivity (Wildman–Crippen MR) is 46.2 cm³/mol. The van der Waals surface area contributed by atoms with Gasteiger partial charge in [0.1, 0.15) is 5.94 Å². The smallest absolute Gasteiger partial charge is 0.183 e. The van der Waals surface area contributed by atoms with Crippen molar-refractivity contribution in [1.82, 2.24) is 0 Å². The van der Waals surface area contributed by atoms with Crippen molar-refractivity contribution in [2.24, 2.45) is 11.5 Å². The van der Waals surface area contributed by atoms with Crippen LogP contribution in [-0.4, -0.2) is 24.3 Å². The predicted octanol–water partition coefficient (Wildman–Crippen LogP) is -0.600. The molecular formula is C8H14N2O2. The topological polar surface area (TPSA) is 86.2 Å². The van der Waals surface area contributed by atoms with Gasteiger partial charge in [-0.05, 0) is 19.4 Å². The molecule has 0 spiro atoms. The normalized spacial score (nSPS) is 11.8. The zero-order valence-corrected chi connectivity index (χ0v) is 6.95. The van der Waals surface area contributed by atoms with E-state index >= 15 is 0 Å². The molecule has 1 atom stereocenters. The van der Waals surface area contributed by atoms with Gasteiger partial charge in [0.05, 0.1) is 12.1 Å². The SMILES string of the molecule is NCCCC[C@H](N)C(=O)C=C=O. The zero-order valence-electron chi connectivity index (χ0n) is 6.95. The minimum atomic E-state index is -0.571. The Bertz CT molecular complexity index is 185. The van der Waals surface area contributed by atoms with E-state index in [4.69, 9.17) is 11.5 Å². The van der Waals surface area contributed by atoms with Gasteiger partial charge in [-0.25, -0.2) is 4.79 Å². The molecule has 0 saturated heterocycles. The number of hydrogen-bond acceptors (Lipinski definition) is 4. The first-order valence-corrected chi connectivity index (χ1v) is 3.92. The van der Waals surface area contributed by atoms with Crippen LogP contribution in [0.3, 0.4) is 0 Å². The van der Waals surface area contributed by atoms with Gasteiger partial charge in [-0.15, -0.1) is 0 Å². The largest absolute Gasteiger partial charge is 0.330 e. The summed E-state index contributed by atoms with van der Waals surface area (Å²) >= 11 is 0. The average Bonchev–Trinajstić information content (AvgIpc) is 2.05. The van der Waals surface area contributed by atoms with Crippen molar-refractivity contribution in [2.45, 2.75) is 25.3 Å². The fourth-order valence-electron chi connectivity index (χ4n) is 0.816. The molecule has 0 unspecified atom stereocenters. The molecule has 0 aliphatic heterocycles. The molecule has 68 valence electrons. The van der Waals surface area contributed by atoms with Crippen LogP contribution in [0.2, 0.25) is 0 Å². The van der Waals surface area contributed by atoms with Gasteiger partial charge in [-0.3, -0.25) is 4.79 Å². The minimum Gasteiger partial charge on any atom is -0.330 e. The Balaban J connectivity index is 3.63. The number of carbonyl (C=O) groups excluding carboxylic acids is 2. The van der Waals surface area contributed by atoms with E-state index in [1.54, 1.807) is 0 Å². The van der Waals surface area contributed by atoms with Crippen molar-refractivity contribution in [3.8, 4) is 0 Å². The second-order valence-electron chi connectivity index (χ2n) is 2.56. The highest BCUT2D eigenvalue weighted by molar-refractivity contribution is 5.99. The van der Waals surface area contributed by atoms with Crippen LogP contribution in [0.25, 0.3) is 0 Å². The van der Waals surface area contributed by atoms with E-state index in [0.29, 0.717) is 13.0 Å². The molecule has 0 rings (SSSR count). The fraction of sp³-hybridized carbons (Fsp3) is 0.625. The van der Waals surface area contributed by atoms with Gasteiger partial charge < -0.3 is 11.5 Å². The van der Waals surface area contributed by atoms with E-state index in [-0.39, 0.29) is 5.78 Å². The summed E-state index contributed by atoms with van der Waals surface area (Å²) in [5.74, 6) is 1.05. The summed E-state index contributed by atoms with van der Waals surface area (Å²) in [7, 11) is 0. The summed E-state index contributed by atoms with van der Waals surface area (Å²) in [6.07, 6.45) is 3.09. The van der Waals surface area contributed by atoms with Crippen molar-refractivity contribution in [3.63, 3.8) is 0 Å². The summed E-state index contributed by atoms with van der Waals surface area (Å²) in [5.41, 5.74) is 10.7. The van der Waals surface area contributed by atoms with E-state index in [1.807, 2.05) is 0 Å². The first-order chi connectivity index (χ1) is 5.72. The van der Waals surface area contributed by atoms with Crippen LogP contribution in [0.4, 0.5) is 0 Å². The van der Waals surface area contributed by atoms with Crippen LogP contribution in [-0.2, 0) is 9.59 Å². The Morgan fingerprint density at radius 3 is 2.67 bits per heavy atom. The van der Waals surface area contributed by atoms with Crippen molar-refractivity contribution in [1.29, 1.82) is 0 Å². The third-order valence-electron chi connectivity index (χ3n) is 1.54. The highest BCUT2D eigenvalue weighted by Crippen LogP contribution is 1.98. The van der Waals surface area contributed by atoms with Crippen LogP contribution in [0, 0.1) is 0 Å². The Hall–Kier alpha value is -0.960.